The van der Waals surface area contributed by atoms with Gasteiger partial charge in [0.15, 0.2) is 0 Å². The molecule has 0 aliphatic rings. The minimum atomic E-state index is 0.557. The van der Waals surface area contributed by atoms with E-state index in [-0.39, 0.29) is 0 Å². The van der Waals surface area contributed by atoms with Gasteiger partial charge in [-0.15, -0.1) is 0 Å². The maximum absolute atomic E-state index is 5.81. The smallest absolute Gasteiger partial charge is 0.141 e. The van der Waals surface area contributed by atoms with E-state index in [1.54, 1.807) is 0 Å². The molecule has 98 valence electrons. The third-order valence-electron chi connectivity index (χ3n) is 2.80. The molecule has 0 bridgehead atoms. The predicted octanol–water partition coefficient (Wildman–Crippen LogP) is 4.60. The van der Waals surface area contributed by atoms with E-state index < -0.39 is 0 Å². The lowest BCUT2D eigenvalue weighted by atomic mass is 10.1. The van der Waals surface area contributed by atoms with Gasteiger partial charge in [0.25, 0.3) is 0 Å². The zero-order chi connectivity index (χ0) is 13.7. The summed E-state index contributed by atoms with van der Waals surface area (Å²) in [6.45, 7) is 2.61. The van der Waals surface area contributed by atoms with Crippen LogP contribution in [0.4, 0.5) is 0 Å². The minimum absolute atomic E-state index is 0.557. The van der Waals surface area contributed by atoms with E-state index in [9.17, 15) is 0 Å². The summed E-state index contributed by atoms with van der Waals surface area (Å²) >= 11 is 3.46. The van der Waals surface area contributed by atoms with E-state index in [2.05, 4.69) is 22.9 Å². The zero-order valence-electron chi connectivity index (χ0n) is 10.8. The summed E-state index contributed by atoms with van der Waals surface area (Å²) in [5.74, 6) is 1.63. The SMILES string of the molecule is CC(=CCN)c1ccc(Oc2ccccc2Br)cc1. The van der Waals surface area contributed by atoms with Crippen molar-refractivity contribution < 1.29 is 4.74 Å². The molecule has 0 aliphatic carbocycles. The highest BCUT2D eigenvalue weighted by Gasteiger charge is 2.02. The largest absolute Gasteiger partial charge is 0.456 e. The first kappa shape index (κ1) is 13.8. The van der Waals surface area contributed by atoms with Crippen LogP contribution in [0.25, 0.3) is 5.57 Å². The van der Waals surface area contributed by atoms with Gasteiger partial charge in [-0.3, -0.25) is 0 Å². The standard InChI is InChI=1S/C16H16BrNO/c1-12(10-11-18)13-6-8-14(9-7-13)19-16-5-3-2-4-15(16)17/h2-10H,11,18H2,1H3. The Morgan fingerprint density at radius 2 is 1.84 bits per heavy atom. The number of hydrogen-bond donors (Lipinski definition) is 1. The molecule has 0 atom stereocenters. The van der Waals surface area contributed by atoms with Crippen LogP contribution in [-0.2, 0) is 0 Å². The zero-order valence-corrected chi connectivity index (χ0v) is 12.4. The van der Waals surface area contributed by atoms with E-state index in [1.807, 2.05) is 54.6 Å². The number of hydrogen-bond acceptors (Lipinski definition) is 2. The van der Waals surface area contributed by atoms with Gasteiger partial charge in [-0.05, 0) is 58.3 Å². The molecular weight excluding hydrogens is 302 g/mol. The van der Waals surface area contributed by atoms with Crippen LogP contribution in [0.2, 0.25) is 0 Å². The Kier molecular flexibility index (Phi) is 4.77. The van der Waals surface area contributed by atoms with Crippen molar-refractivity contribution in [1.82, 2.24) is 0 Å². The second-order valence-electron chi connectivity index (χ2n) is 4.18. The van der Waals surface area contributed by atoms with E-state index in [4.69, 9.17) is 10.5 Å². The first-order valence-corrected chi connectivity index (χ1v) is 6.89. The fourth-order valence-electron chi connectivity index (χ4n) is 1.73. The van der Waals surface area contributed by atoms with Gasteiger partial charge in [-0.25, -0.2) is 0 Å². The van der Waals surface area contributed by atoms with Gasteiger partial charge in [0.2, 0.25) is 0 Å². The van der Waals surface area contributed by atoms with Gasteiger partial charge < -0.3 is 10.5 Å². The van der Waals surface area contributed by atoms with Gasteiger partial charge in [0, 0.05) is 6.54 Å². The highest BCUT2D eigenvalue weighted by Crippen LogP contribution is 2.29. The summed E-state index contributed by atoms with van der Waals surface area (Å²) in [5.41, 5.74) is 7.84. The van der Waals surface area contributed by atoms with E-state index in [0.29, 0.717) is 6.54 Å². The van der Waals surface area contributed by atoms with Crippen molar-refractivity contribution in [1.29, 1.82) is 0 Å². The quantitative estimate of drug-likeness (QED) is 0.894. The molecule has 0 unspecified atom stereocenters. The van der Waals surface area contributed by atoms with E-state index >= 15 is 0 Å². The molecule has 0 amide bonds. The molecule has 3 heteroatoms. The van der Waals surface area contributed by atoms with Crippen LogP contribution in [0.3, 0.4) is 0 Å². The summed E-state index contributed by atoms with van der Waals surface area (Å²) in [6, 6.07) is 15.8. The van der Waals surface area contributed by atoms with Crippen molar-refractivity contribution in [2.75, 3.05) is 6.54 Å². The molecule has 0 spiro atoms. The van der Waals surface area contributed by atoms with Gasteiger partial charge in [0.1, 0.15) is 11.5 Å². The fourth-order valence-corrected chi connectivity index (χ4v) is 2.10. The molecule has 0 saturated carbocycles. The monoisotopic (exact) mass is 317 g/mol. The van der Waals surface area contributed by atoms with Gasteiger partial charge >= 0.3 is 0 Å². The Morgan fingerprint density at radius 1 is 1.16 bits per heavy atom. The van der Waals surface area contributed by atoms with Crippen molar-refractivity contribution in [3.8, 4) is 11.5 Å². The van der Waals surface area contributed by atoms with Crippen LogP contribution in [0.1, 0.15) is 12.5 Å². The van der Waals surface area contributed by atoms with E-state index in [1.165, 1.54) is 5.57 Å². The summed E-state index contributed by atoms with van der Waals surface area (Å²) in [5, 5.41) is 0. The topological polar surface area (TPSA) is 35.2 Å². The number of allylic oxidation sites excluding steroid dienone is 1. The number of nitrogens with two attached hydrogens (primary N) is 1. The van der Waals surface area contributed by atoms with Crippen LogP contribution in [0, 0.1) is 0 Å². The summed E-state index contributed by atoms with van der Waals surface area (Å²) in [6.07, 6.45) is 2.00. The van der Waals surface area contributed by atoms with Crippen LogP contribution in [0.15, 0.2) is 59.1 Å². The molecule has 2 rings (SSSR count). The first-order valence-electron chi connectivity index (χ1n) is 6.10. The summed E-state index contributed by atoms with van der Waals surface area (Å²) in [4.78, 5) is 0. The fraction of sp³-hybridized carbons (Fsp3) is 0.125. The van der Waals surface area contributed by atoms with Crippen LogP contribution < -0.4 is 10.5 Å². The number of rotatable bonds is 4. The van der Waals surface area contributed by atoms with Crippen LogP contribution >= 0.6 is 15.9 Å². The lowest BCUT2D eigenvalue weighted by Crippen LogP contribution is -1.94. The number of para-hydroxylation sites is 1. The van der Waals surface area contributed by atoms with Crippen molar-refractivity contribution in [3.63, 3.8) is 0 Å². The summed E-state index contributed by atoms with van der Waals surface area (Å²) < 4.78 is 6.76. The van der Waals surface area contributed by atoms with Crippen molar-refractivity contribution in [3.05, 3.63) is 64.6 Å². The van der Waals surface area contributed by atoms with Crippen LogP contribution in [0.5, 0.6) is 11.5 Å². The molecule has 0 radical (unpaired) electrons. The molecule has 0 fully saturated rings. The van der Waals surface area contributed by atoms with Crippen molar-refractivity contribution >= 4 is 21.5 Å². The molecule has 0 heterocycles. The van der Waals surface area contributed by atoms with Gasteiger partial charge in [0.05, 0.1) is 4.47 Å². The first-order chi connectivity index (χ1) is 9.20. The average Bonchev–Trinajstić information content (AvgIpc) is 2.42. The Bertz CT molecular complexity index is 576. The highest BCUT2D eigenvalue weighted by molar-refractivity contribution is 9.10. The molecule has 0 saturated heterocycles. The molecular formula is C16H16BrNO. The number of benzene rings is 2. The molecule has 2 aromatic rings. The average molecular weight is 318 g/mol. The third-order valence-corrected chi connectivity index (χ3v) is 3.45. The van der Waals surface area contributed by atoms with Gasteiger partial charge in [-0.2, -0.15) is 0 Å². The maximum Gasteiger partial charge on any atom is 0.141 e. The molecule has 0 aliphatic heterocycles. The number of halogens is 1. The highest BCUT2D eigenvalue weighted by atomic mass is 79.9. The Balaban J connectivity index is 2.16. The third kappa shape index (κ3) is 3.69. The molecule has 19 heavy (non-hydrogen) atoms. The normalized spacial score (nSPS) is 11.4. The second kappa shape index (κ2) is 6.55. The Morgan fingerprint density at radius 3 is 2.47 bits per heavy atom. The molecule has 2 nitrogen and oxygen atoms in total. The van der Waals surface area contributed by atoms with Crippen molar-refractivity contribution in [2.24, 2.45) is 5.73 Å². The van der Waals surface area contributed by atoms with E-state index in [0.717, 1.165) is 21.5 Å². The number of ether oxygens (including phenoxy) is 1. The Hall–Kier alpha value is -1.58. The second-order valence-corrected chi connectivity index (χ2v) is 5.03. The maximum atomic E-state index is 5.81. The Labute approximate surface area is 122 Å². The minimum Gasteiger partial charge on any atom is -0.456 e. The van der Waals surface area contributed by atoms with Gasteiger partial charge in [-0.1, -0.05) is 30.3 Å². The lowest BCUT2D eigenvalue weighted by Gasteiger charge is -2.08. The lowest BCUT2D eigenvalue weighted by molar-refractivity contribution is 0.479. The van der Waals surface area contributed by atoms with Crippen LogP contribution in [-0.4, -0.2) is 6.54 Å². The summed E-state index contributed by atoms with van der Waals surface area (Å²) in [7, 11) is 0. The molecule has 2 N–H and O–H groups in total. The predicted molar refractivity (Wildman–Crippen MR) is 83.4 cm³/mol. The van der Waals surface area contributed by atoms with Crippen molar-refractivity contribution in [2.45, 2.75) is 6.92 Å². The molecule has 0 aromatic heterocycles. The molecule has 2 aromatic carbocycles.